The Hall–Kier alpha value is -1.40. The van der Waals surface area contributed by atoms with Crippen molar-refractivity contribution in [2.24, 2.45) is 18.7 Å². The highest BCUT2D eigenvalue weighted by molar-refractivity contribution is 5.76. The predicted octanol–water partition coefficient (Wildman–Crippen LogP) is 1.20. The van der Waals surface area contributed by atoms with Gasteiger partial charge in [-0.05, 0) is 32.6 Å². The third-order valence-corrected chi connectivity index (χ3v) is 5.92. The van der Waals surface area contributed by atoms with Gasteiger partial charge in [-0.25, -0.2) is 0 Å². The first-order chi connectivity index (χ1) is 11.5. The van der Waals surface area contributed by atoms with Gasteiger partial charge in [0.1, 0.15) is 0 Å². The molecule has 0 aromatic carbocycles. The predicted molar refractivity (Wildman–Crippen MR) is 94.5 cm³/mol. The molecule has 2 atom stereocenters. The van der Waals surface area contributed by atoms with Crippen LogP contribution in [0.4, 0.5) is 0 Å². The van der Waals surface area contributed by atoms with E-state index in [1.165, 1.54) is 17.7 Å². The lowest BCUT2D eigenvalue weighted by Crippen LogP contribution is -2.49. The molecule has 24 heavy (non-hydrogen) atoms. The SMILES string of the molecule is Cc1nn(C)c(C)c1CN1CCN(C(=O)C[C@@H]2CCC[C@H]2N)CC1. The number of piperazine rings is 1. The number of rotatable bonds is 4. The highest BCUT2D eigenvalue weighted by atomic mass is 16.2. The van der Waals surface area contributed by atoms with E-state index in [1.807, 2.05) is 16.6 Å². The Morgan fingerprint density at radius 1 is 1.21 bits per heavy atom. The van der Waals surface area contributed by atoms with E-state index >= 15 is 0 Å². The van der Waals surface area contributed by atoms with Crippen molar-refractivity contribution in [3.8, 4) is 0 Å². The van der Waals surface area contributed by atoms with Gasteiger partial charge in [0.15, 0.2) is 0 Å². The molecule has 1 saturated carbocycles. The Labute approximate surface area is 145 Å². The summed E-state index contributed by atoms with van der Waals surface area (Å²) in [5.74, 6) is 0.696. The van der Waals surface area contributed by atoms with Gasteiger partial charge < -0.3 is 10.6 Å². The van der Waals surface area contributed by atoms with Crippen LogP contribution in [0.3, 0.4) is 0 Å². The third kappa shape index (κ3) is 3.64. The van der Waals surface area contributed by atoms with Crippen LogP contribution in [0.5, 0.6) is 0 Å². The number of aromatic nitrogens is 2. The summed E-state index contributed by atoms with van der Waals surface area (Å²) in [6.45, 7) is 8.68. The van der Waals surface area contributed by atoms with Gasteiger partial charge in [-0.15, -0.1) is 0 Å². The van der Waals surface area contributed by atoms with Crippen LogP contribution in [0.15, 0.2) is 0 Å². The Morgan fingerprint density at radius 2 is 1.92 bits per heavy atom. The molecule has 1 saturated heterocycles. The highest BCUT2D eigenvalue weighted by Crippen LogP contribution is 2.27. The molecule has 2 fully saturated rings. The summed E-state index contributed by atoms with van der Waals surface area (Å²) >= 11 is 0. The fraction of sp³-hybridized carbons (Fsp3) is 0.778. The van der Waals surface area contributed by atoms with Gasteiger partial charge in [0.2, 0.25) is 5.91 Å². The number of hydrogen-bond donors (Lipinski definition) is 1. The smallest absolute Gasteiger partial charge is 0.222 e. The first kappa shape index (κ1) is 17.4. The van der Waals surface area contributed by atoms with E-state index in [4.69, 9.17) is 5.73 Å². The molecule has 1 aromatic rings. The lowest BCUT2D eigenvalue weighted by atomic mass is 9.99. The summed E-state index contributed by atoms with van der Waals surface area (Å²) in [7, 11) is 2.00. The van der Waals surface area contributed by atoms with Crippen LogP contribution in [0, 0.1) is 19.8 Å². The molecule has 6 nitrogen and oxygen atoms in total. The molecule has 0 radical (unpaired) electrons. The van der Waals surface area contributed by atoms with E-state index in [-0.39, 0.29) is 6.04 Å². The normalized spacial score (nSPS) is 25.4. The minimum Gasteiger partial charge on any atom is -0.340 e. The molecular weight excluding hydrogens is 302 g/mol. The second-order valence-electron chi connectivity index (χ2n) is 7.49. The molecule has 1 aliphatic heterocycles. The summed E-state index contributed by atoms with van der Waals surface area (Å²) in [6.07, 6.45) is 4.01. The minimum absolute atomic E-state index is 0.228. The number of nitrogens with two attached hydrogens (primary N) is 1. The quantitative estimate of drug-likeness (QED) is 0.899. The minimum atomic E-state index is 0.228. The van der Waals surface area contributed by atoms with Crippen LogP contribution in [0.1, 0.15) is 42.6 Å². The van der Waals surface area contributed by atoms with E-state index in [1.54, 1.807) is 0 Å². The Balaban J connectivity index is 1.49. The molecule has 1 aliphatic carbocycles. The number of carbonyl (C=O) groups is 1. The maximum atomic E-state index is 12.5. The summed E-state index contributed by atoms with van der Waals surface area (Å²) in [4.78, 5) is 17.0. The zero-order chi connectivity index (χ0) is 17.3. The Kier molecular flexibility index (Phi) is 5.25. The topological polar surface area (TPSA) is 67.4 Å². The van der Waals surface area contributed by atoms with Gasteiger partial charge in [-0.1, -0.05) is 6.42 Å². The van der Waals surface area contributed by atoms with E-state index in [0.29, 0.717) is 18.2 Å². The van der Waals surface area contributed by atoms with Gasteiger partial charge in [0.25, 0.3) is 0 Å². The van der Waals surface area contributed by atoms with Gasteiger partial charge >= 0.3 is 0 Å². The second-order valence-corrected chi connectivity index (χ2v) is 7.49. The largest absolute Gasteiger partial charge is 0.340 e. The maximum absolute atomic E-state index is 12.5. The fourth-order valence-electron chi connectivity index (χ4n) is 4.10. The molecule has 134 valence electrons. The fourth-order valence-corrected chi connectivity index (χ4v) is 4.10. The summed E-state index contributed by atoms with van der Waals surface area (Å²) in [5.41, 5.74) is 9.79. The van der Waals surface area contributed by atoms with Crippen LogP contribution in [0.25, 0.3) is 0 Å². The van der Waals surface area contributed by atoms with E-state index < -0.39 is 0 Å². The number of amides is 1. The average molecular weight is 333 g/mol. The molecule has 0 bridgehead atoms. The van der Waals surface area contributed by atoms with Crippen molar-refractivity contribution >= 4 is 5.91 Å². The highest BCUT2D eigenvalue weighted by Gasteiger charge is 2.29. The average Bonchev–Trinajstić information content (AvgIpc) is 3.06. The van der Waals surface area contributed by atoms with Gasteiger partial charge in [-0.3, -0.25) is 14.4 Å². The maximum Gasteiger partial charge on any atom is 0.222 e. The van der Waals surface area contributed by atoms with Crippen LogP contribution >= 0.6 is 0 Å². The Morgan fingerprint density at radius 3 is 2.46 bits per heavy atom. The number of aryl methyl sites for hydroxylation is 2. The van der Waals surface area contributed by atoms with Crippen LogP contribution in [-0.4, -0.2) is 57.7 Å². The van der Waals surface area contributed by atoms with Crippen molar-refractivity contribution < 1.29 is 4.79 Å². The summed E-state index contributed by atoms with van der Waals surface area (Å²) in [5, 5.41) is 4.50. The molecule has 0 unspecified atom stereocenters. The lowest BCUT2D eigenvalue weighted by molar-refractivity contribution is -0.134. The van der Waals surface area contributed by atoms with E-state index in [0.717, 1.165) is 51.3 Å². The number of carbonyl (C=O) groups excluding carboxylic acids is 1. The van der Waals surface area contributed by atoms with Gasteiger partial charge in [0, 0.05) is 63.5 Å². The zero-order valence-electron chi connectivity index (χ0n) is 15.3. The zero-order valence-corrected chi connectivity index (χ0v) is 15.3. The molecule has 3 rings (SSSR count). The molecule has 1 aromatic heterocycles. The summed E-state index contributed by atoms with van der Waals surface area (Å²) < 4.78 is 1.95. The molecule has 0 spiro atoms. The van der Waals surface area contributed by atoms with Crippen molar-refractivity contribution in [1.82, 2.24) is 19.6 Å². The van der Waals surface area contributed by atoms with Crippen molar-refractivity contribution in [3.63, 3.8) is 0 Å². The van der Waals surface area contributed by atoms with Crippen molar-refractivity contribution in [1.29, 1.82) is 0 Å². The monoisotopic (exact) mass is 333 g/mol. The van der Waals surface area contributed by atoms with Crippen molar-refractivity contribution in [3.05, 3.63) is 17.0 Å². The van der Waals surface area contributed by atoms with Gasteiger partial charge in [-0.2, -0.15) is 5.10 Å². The Bertz CT molecular complexity index is 588. The number of hydrogen-bond acceptors (Lipinski definition) is 4. The van der Waals surface area contributed by atoms with Crippen LogP contribution in [0.2, 0.25) is 0 Å². The number of nitrogens with zero attached hydrogens (tertiary/aromatic N) is 4. The first-order valence-electron chi connectivity index (χ1n) is 9.20. The van der Waals surface area contributed by atoms with E-state index in [2.05, 4.69) is 23.8 Å². The van der Waals surface area contributed by atoms with Gasteiger partial charge in [0.05, 0.1) is 5.69 Å². The van der Waals surface area contributed by atoms with Crippen molar-refractivity contribution in [2.45, 2.75) is 52.1 Å². The summed E-state index contributed by atoms with van der Waals surface area (Å²) in [6, 6.07) is 0.228. The standard InChI is InChI=1S/C18H31N5O/c1-13-16(14(2)21(3)20-13)12-22-7-9-23(10-8-22)18(24)11-15-5-4-6-17(15)19/h15,17H,4-12,19H2,1-3H3/t15-,17+/m0/s1. The molecule has 2 aliphatic rings. The van der Waals surface area contributed by atoms with Crippen LogP contribution < -0.4 is 5.73 Å². The molecule has 2 N–H and O–H groups in total. The first-order valence-corrected chi connectivity index (χ1v) is 9.20. The van der Waals surface area contributed by atoms with Crippen LogP contribution in [-0.2, 0) is 18.4 Å². The second kappa shape index (κ2) is 7.23. The molecule has 1 amide bonds. The van der Waals surface area contributed by atoms with Crippen molar-refractivity contribution in [2.75, 3.05) is 26.2 Å². The third-order valence-electron chi connectivity index (χ3n) is 5.92. The lowest BCUT2D eigenvalue weighted by Gasteiger charge is -2.35. The molecule has 6 heteroatoms. The van der Waals surface area contributed by atoms with E-state index in [9.17, 15) is 4.79 Å². The molecular formula is C18H31N5O. The molecule has 2 heterocycles.